The Morgan fingerprint density at radius 2 is 1.85 bits per heavy atom. The topological polar surface area (TPSA) is 34.9 Å². The molecule has 0 bridgehead atoms. The number of aromatic nitrogens is 2. The SMILES string of the molecule is CCn1c(SCc2ccc(F)cc2)nc2scc(-c3ccccc3)c2c1=O. The summed E-state index contributed by atoms with van der Waals surface area (Å²) in [4.78, 5) is 18.7. The van der Waals surface area contributed by atoms with Gasteiger partial charge in [0.2, 0.25) is 0 Å². The lowest BCUT2D eigenvalue weighted by Gasteiger charge is -2.10. The van der Waals surface area contributed by atoms with Crippen molar-refractivity contribution in [3.8, 4) is 11.1 Å². The molecular formula is C21H17FN2OS2. The summed E-state index contributed by atoms with van der Waals surface area (Å²) in [7, 11) is 0. The molecular weight excluding hydrogens is 379 g/mol. The first-order valence-electron chi connectivity index (χ1n) is 8.62. The van der Waals surface area contributed by atoms with E-state index in [-0.39, 0.29) is 11.4 Å². The average molecular weight is 397 g/mol. The molecule has 2 heterocycles. The largest absolute Gasteiger partial charge is 0.287 e. The number of halogens is 1. The minimum atomic E-state index is -0.249. The molecule has 27 heavy (non-hydrogen) atoms. The Morgan fingerprint density at radius 3 is 2.56 bits per heavy atom. The third kappa shape index (κ3) is 3.55. The molecule has 6 heteroatoms. The maximum atomic E-state index is 13.2. The summed E-state index contributed by atoms with van der Waals surface area (Å²) in [5.41, 5.74) is 2.95. The van der Waals surface area contributed by atoms with Crippen LogP contribution in [0.15, 0.2) is 69.9 Å². The summed E-state index contributed by atoms with van der Waals surface area (Å²) in [6.45, 7) is 2.50. The molecule has 0 saturated carbocycles. The highest BCUT2D eigenvalue weighted by Gasteiger charge is 2.16. The first kappa shape index (κ1) is 17.9. The van der Waals surface area contributed by atoms with E-state index in [4.69, 9.17) is 4.98 Å². The fourth-order valence-electron chi connectivity index (χ4n) is 2.95. The minimum absolute atomic E-state index is 0.00999. The molecule has 0 atom stereocenters. The van der Waals surface area contributed by atoms with Gasteiger partial charge in [-0.15, -0.1) is 11.3 Å². The lowest BCUT2D eigenvalue weighted by atomic mass is 10.1. The van der Waals surface area contributed by atoms with Crippen LogP contribution in [0.1, 0.15) is 12.5 Å². The minimum Gasteiger partial charge on any atom is -0.287 e. The van der Waals surface area contributed by atoms with Crippen LogP contribution in [0.25, 0.3) is 21.3 Å². The monoisotopic (exact) mass is 396 g/mol. The first-order valence-corrected chi connectivity index (χ1v) is 10.5. The highest BCUT2D eigenvalue weighted by atomic mass is 32.2. The zero-order valence-corrected chi connectivity index (χ0v) is 16.3. The third-order valence-corrected chi connectivity index (χ3v) is 6.26. The predicted molar refractivity (Wildman–Crippen MR) is 111 cm³/mol. The zero-order valence-electron chi connectivity index (χ0n) is 14.7. The molecule has 0 N–H and O–H groups in total. The Balaban J connectivity index is 1.74. The highest BCUT2D eigenvalue weighted by molar-refractivity contribution is 7.98. The van der Waals surface area contributed by atoms with Crippen molar-refractivity contribution < 1.29 is 4.39 Å². The van der Waals surface area contributed by atoms with Crippen LogP contribution in [-0.4, -0.2) is 9.55 Å². The number of thioether (sulfide) groups is 1. The van der Waals surface area contributed by atoms with E-state index in [1.807, 2.05) is 42.6 Å². The first-order chi connectivity index (χ1) is 13.2. The van der Waals surface area contributed by atoms with Gasteiger partial charge in [-0.05, 0) is 30.2 Å². The molecule has 4 aromatic rings. The van der Waals surface area contributed by atoms with Gasteiger partial charge in [-0.25, -0.2) is 9.37 Å². The highest BCUT2D eigenvalue weighted by Crippen LogP contribution is 2.32. The fraction of sp³-hybridized carbons (Fsp3) is 0.143. The van der Waals surface area contributed by atoms with E-state index in [2.05, 4.69) is 0 Å². The van der Waals surface area contributed by atoms with E-state index < -0.39 is 0 Å². The van der Waals surface area contributed by atoms with Gasteiger partial charge in [0.15, 0.2) is 5.16 Å². The molecule has 0 spiro atoms. The molecule has 0 aliphatic carbocycles. The van der Waals surface area contributed by atoms with Crippen molar-refractivity contribution in [1.29, 1.82) is 0 Å². The molecule has 0 radical (unpaired) electrons. The summed E-state index contributed by atoms with van der Waals surface area (Å²) in [5.74, 6) is 0.385. The molecule has 4 rings (SSSR count). The van der Waals surface area contributed by atoms with Crippen LogP contribution >= 0.6 is 23.1 Å². The van der Waals surface area contributed by atoms with Crippen molar-refractivity contribution in [2.75, 3.05) is 0 Å². The van der Waals surface area contributed by atoms with Crippen LogP contribution in [0, 0.1) is 5.82 Å². The zero-order chi connectivity index (χ0) is 18.8. The molecule has 2 aromatic heterocycles. The smallest absolute Gasteiger partial charge is 0.263 e. The number of fused-ring (bicyclic) bond motifs is 1. The normalized spacial score (nSPS) is 11.2. The van der Waals surface area contributed by atoms with Gasteiger partial charge in [-0.1, -0.05) is 54.2 Å². The van der Waals surface area contributed by atoms with Gasteiger partial charge in [-0.3, -0.25) is 9.36 Å². The number of hydrogen-bond donors (Lipinski definition) is 0. The molecule has 0 aliphatic rings. The summed E-state index contributed by atoms with van der Waals surface area (Å²) in [6, 6.07) is 16.3. The Hall–Kier alpha value is -2.44. The van der Waals surface area contributed by atoms with Crippen LogP contribution in [-0.2, 0) is 12.3 Å². The van der Waals surface area contributed by atoms with E-state index in [1.165, 1.54) is 35.2 Å². The van der Waals surface area contributed by atoms with Gasteiger partial charge in [-0.2, -0.15) is 0 Å². The van der Waals surface area contributed by atoms with E-state index in [1.54, 1.807) is 16.7 Å². The predicted octanol–water partition coefficient (Wildman–Crippen LogP) is 5.58. The second-order valence-corrected chi connectivity index (χ2v) is 7.86. The van der Waals surface area contributed by atoms with E-state index in [9.17, 15) is 9.18 Å². The standard InChI is InChI=1S/C21H17FN2OS2/c1-2-24-20(25)18-17(15-6-4-3-5-7-15)13-26-19(18)23-21(24)27-12-14-8-10-16(22)11-9-14/h3-11,13H,2,12H2,1H3. The number of thiophene rings is 1. The van der Waals surface area contributed by atoms with Crippen molar-refractivity contribution in [3.63, 3.8) is 0 Å². The maximum Gasteiger partial charge on any atom is 0.263 e. The van der Waals surface area contributed by atoms with E-state index in [0.717, 1.165) is 21.5 Å². The number of nitrogens with zero attached hydrogens (tertiary/aromatic N) is 2. The van der Waals surface area contributed by atoms with Gasteiger partial charge >= 0.3 is 0 Å². The number of benzene rings is 2. The molecule has 136 valence electrons. The molecule has 0 unspecified atom stereocenters. The molecule has 3 nitrogen and oxygen atoms in total. The summed E-state index contributed by atoms with van der Waals surface area (Å²) in [6.07, 6.45) is 0. The van der Waals surface area contributed by atoms with Crippen molar-refractivity contribution in [2.24, 2.45) is 0 Å². The second kappa shape index (κ2) is 7.66. The molecule has 0 amide bonds. The molecule has 0 aliphatic heterocycles. The Labute approximate surface area is 164 Å². The quantitative estimate of drug-likeness (QED) is 0.326. The Bertz CT molecular complexity index is 1130. The van der Waals surface area contributed by atoms with Crippen molar-refractivity contribution in [3.05, 3.63) is 81.7 Å². The Kier molecular flexibility index (Phi) is 5.09. The van der Waals surface area contributed by atoms with Crippen LogP contribution in [0.5, 0.6) is 0 Å². The number of rotatable bonds is 5. The molecule has 0 saturated heterocycles. The van der Waals surface area contributed by atoms with Crippen molar-refractivity contribution in [2.45, 2.75) is 24.4 Å². The van der Waals surface area contributed by atoms with Crippen LogP contribution in [0.3, 0.4) is 0 Å². The van der Waals surface area contributed by atoms with Crippen molar-refractivity contribution in [1.82, 2.24) is 9.55 Å². The van der Waals surface area contributed by atoms with E-state index in [0.29, 0.717) is 22.8 Å². The third-order valence-electron chi connectivity index (χ3n) is 4.34. The van der Waals surface area contributed by atoms with Gasteiger partial charge in [0.1, 0.15) is 10.6 Å². The van der Waals surface area contributed by atoms with E-state index >= 15 is 0 Å². The summed E-state index contributed by atoms with van der Waals surface area (Å²) < 4.78 is 14.8. The molecule has 2 aromatic carbocycles. The van der Waals surface area contributed by atoms with Gasteiger partial charge in [0, 0.05) is 23.2 Å². The van der Waals surface area contributed by atoms with Gasteiger partial charge in [0.25, 0.3) is 5.56 Å². The average Bonchev–Trinajstić information content (AvgIpc) is 3.12. The van der Waals surface area contributed by atoms with Crippen LogP contribution in [0.4, 0.5) is 4.39 Å². The fourth-order valence-corrected chi connectivity index (χ4v) is 4.96. The summed E-state index contributed by atoms with van der Waals surface area (Å²) >= 11 is 2.99. The van der Waals surface area contributed by atoms with Crippen LogP contribution in [0.2, 0.25) is 0 Å². The molecule has 0 fully saturated rings. The Morgan fingerprint density at radius 1 is 1.11 bits per heavy atom. The van der Waals surface area contributed by atoms with Gasteiger partial charge < -0.3 is 0 Å². The number of hydrogen-bond acceptors (Lipinski definition) is 4. The second-order valence-electron chi connectivity index (χ2n) is 6.05. The summed E-state index contributed by atoms with van der Waals surface area (Å²) in [5, 5.41) is 3.38. The van der Waals surface area contributed by atoms with Crippen molar-refractivity contribution >= 4 is 33.3 Å². The maximum absolute atomic E-state index is 13.2. The van der Waals surface area contributed by atoms with Crippen LogP contribution < -0.4 is 5.56 Å². The van der Waals surface area contributed by atoms with Gasteiger partial charge in [0.05, 0.1) is 5.39 Å². The lowest BCUT2D eigenvalue weighted by molar-refractivity contribution is 0.627. The lowest BCUT2D eigenvalue weighted by Crippen LogP contribution is -2.22.